The molecule has 0 aromatic heterocycles. The van der Waals surface area contributed by atoms with Crippen molar-refractivity contribution in [1.82, 2.24) is 0 Å². The highest BCUT2D eigenvalue weighted by Crippen LogP contribution is 2.33. The number of nitrogens with zero attached hydrogens (tertiary/aromatic N) is 1. The summed E-state index contributed by atoms with van der Waals surface area (Å²) in [6, 6.07) is 2.11. The van der Waals surface area contributed by atoms with Gasteiger partial charge >= 0.3 is 5.97 Å². The summed E-state index contributed by atoms with van der Waals surface area (Å²) >= 11 is 0. The molecule has 0 spiro atoms. The van der Waals surface area contributed by atoms with E-state index in [1.807, 2.05) is 13.8 Å². The third-order valence-corrected chi connectivity index (χ3v) is 2.55. The van der Waals surface area contributed by atoms with Gasteiger partial charge in [0.05, 0.1) is 12.7 Å². The average Bonchev–Trinajstić information content (AvgIpc) is 2.25. The van der Waals surface area contributed by atoms with E-state index in [1.165, 1.54) is 0 Å². The van der Waals surface area contributed by atoms with Crippen molar-refractivity contribution in [1.29, 1.82) is 5.26 Å². The van der Waals surface area contributed by atoms with Gasteiger partial charge in [-0.05, 0) is 32.8 Å². The molecule has 15 heavy (non-hydrogen) atoms. The van der Waals surface area contributed by atoms with Crippen LogP contribution in [0, 0.1) is 16.7 Å². The standard InChI is InChI=1S/C12H19NO2/c1-5-8-12(9-13,10(4)6-2)11(14)15-7-3/h6H,5,7-8H2,1-4H3/b10-6+/t12-/m0/s1. The lowest BCUT2D eigenvalue weighted by Gasteiger charge is -2.24. The second kappa shape index (κ2) is 6.23. The minimum Gasteiger partial charge on any atom is -0.465 e. The molecule has 0 N–H and O–H groups in total. The highest BCUT2D eigenvalue weighted by molar-refractivity contribution is 5.83. The summed E-state index contributed by atoms with van der Waals surface area (Å²) in [5.41, 5.74) is -0.315. The maximum Gasteiger partial charge on any atom is 0.330 e. The molecule has 1 atom stereocenters. The zero-order chi connectivity index (χ0) is 11.9. The van der Waals surface area contributed by atoms with E-state index in [2.05, 4.69) is 6.07 Å². The van der Waals surface area contributed by atoms with Crippen molar-refractivity contribution in [3.8, 4) is 6.07 Å². The normalized spacial score (nSPS) is 15.3. The molecule has 0 aromatic carbocycles. The lowest BCUT2D eigenvalue weighted by Crippen LogP contribution is -2.32. The zero-order valence-electron chi connectivity index (χ0n) is 9.96. The first-order chi connectivity index (χ1) is 7.08. The monoisotopic (exact) mass is 209 g/mol. The van der Waals surface area contributed by atoms with E-state index in [4.69, 9.17) is 4.74 Å². The fraction of sp³-hybridized carbons (Fsp3) is 0.667. The van der Waals surface area contributed by atoms with Crippen molar-refractivity contribution in [3.63, 3.8) is 0 Å². The Morgan fingerprint density at radius 2 is 2.13 bits per heavy atom. The smallest absolute Gasteiger partial charge is 0.330 e. The van der Waals surface area contributed by atoms with Crippen LogP contribution in [0.25, 0.3) is 0 Å². The fourth-order valence-electron chi connectivity index (χ4n) is 1.53. The lowest BCUT2D eigenvalue weighted by molar-refractivity contribution is -0.150. The van der Waals surface area contributed by atoms with Gasteiger partial charge in [-0.25, -0.2) is 4.79 Å². The molecule has 0 aromatic rings. The summed E-state index contributed by atoms with van der Waals surface area (Å²) in [7, 11) is 0. The molecule has 0 saturated carbocycles. The molecular weight excluding hydrogens is 190 g/mol. The molecule has 0 bridgehead atoms. The van der Waals surface area contributed by atoms with Gasteiger partial charge in [0.25, 0.3) is 0 Å². The van der Waals surface area contributed by atoms with E-state index in [-0.39, 0.29) is 0 Å². The number of allylic oxidation sites excluding steroid dienone is 1. The molecule has 3 heteroatoms. The first-order valence-electron chi connectivity index (χ1n) is 5.30. The van der Waals surface area contributed by atoms with Crippen LogP contribution in [0.15, 0.2) is 11.6 Å². The number of hydrogen-bond donors (Lipinski definition) is 0. The molecule has 0 saturated heterocycles. The first kappa shape index (κ1) is 13.7. The van der Waals surface area contributed by atoms with Gasteiger partial charge in [0.15, 0.2) is 5.41 Å². The molecule has 0 fully saturated rings. The highest BCUT2D eigenvalue weighted by Gasteiger charge is 2.40. The number of nitriles is 1. The number of rotatable bonds is 5. The molecule has 0 rings (SSSR count). The predicted octanol–water partition coefficient (Wildman–Crippen LogP) is 2.83. The van der Waals surface area contributed by atoms with Crippen LogP contribution in [0.5, 0.6) is 0 Å². The minimum absolute atomic E-state index is 0.309. The molecule has 0 amide bonds. The number of carbonyl (C=O) groups excluding carboxylic acids is 1. The Balaban J connectivity index is 5.17. The van der Waals surface area contributed by atoms with Gasteiger partial charge in [-0.3, -0.25) is 0 Å². The summed E-state index contributed by atoms with van der Waals surface area (Å²) in [5, 5.41) is 9.21. The number of hydrogen-bond acceptors (Lipinski definition) is 3. The Kier molecular flexibility index (Phi) is 5.69. The summed E-state index contributed by atoms with van der Waals surface area (Å²) in [6.07, 6.45) is 3.09. The van der Waals surface area contributed by atoms with Crippen molar-refractivity contribution in [2.75, 3.05) is 6.61 Å². The van der Waals surface area contributed by atoms with E-state index in [0.717, 1.165) is 12.0 Å². The van der Waals surface area contributed by atoms with E-state index in [9.17, 15) is 10.1 Å². The predicted molar refractivity (Wildman–Crippen MR) is 59.0 cm³/mol. The fourth-order valence-corrected chi connectivity index (χ4v) is 1.53. The van der Waals surface area contributed by atoms with Gasteiger partial charge in [0, 0.05) is 0 Å². The number of esters is 1. The van der Waals surface area contributed by atoms with Crippen LogP contribution < -0.4 is 0 Å². The largest absolute Gasteiger partial charge is 0.465 e. The summed E-state index contributed by atoms with van der Waals surface area (Å²) in [6.45, 7) is 7.64. The van der Waals surface area contributed by atoms with E-state index < -0.39 is 11.4 Å². The quantitative estimate of drug-likeness (QED) is 0.516. The van der Waals surface area contributed by atoms with E-state index >= 15 is 0 Å². The lowest BCUT2D eigenvalue weighted by atomic mass is 9.78. The van der Waals surface area contributed by atoms with Crippen molar-refractivity contribution < 1.29 is 9.53 Å². The average molecular weight is 209 g/mol. The summed E-state index contributed by atoms with van der Waals surface area (Å²) in [4.78, 5) is 11.8. The van der Waals surface area contributed by atoms with Gasteiger partial charge in [-0.1, -0.05) is 19.4 Å². The third-order valence-electron chi connectivity index (χ3n) is 2.55. The second-order valence-corrected chi connectivity index (χ2v) is 3.46. The maximum atomic E-state index is 11.8. The topological polar surface area (TPSA) is 50.1 Å². The van der Waals surface area contributed by atoms with Gasteiger partial charge in [0.1, 0.15) is 0 Å². The van der Waals surface area contributed by atoms with E-state index in [0.29, 0.717) is 13.0 Å². The molecule has 0 aliphatic heterocycles. The van der Waals surface area contributed by atoms with Crippen LogP contribution >= 0.6 is 0 Å². The van der Waals surface area contributed by atoms with Gasteiger partial charge in [-0.15, -0.1) is 0 Å². The van der Waals surface area contributed by atoms with Gasteiger partial charge in [0.2, 0.25) is 0 Å². The summed E-state index contributed by atoms with van der Waals surface area (Å²) < 4.78 is 4.97. The second-order valence-electron chi connectivity index (χ2n) is 3.46. The Morgan fingerprint density at radius 1 is 1.53 bits per heavy atom. The van der Waals surface area contributed by atoms with Crippen LogP contribution in [0.1, 0.15) is 40.5 Å². The molecule has 0 heterocycles. The SMILES string of the molecule is C/C=C(\C)[C@@](C#N)(CCC)C(=O)OCC. The third kappa shape index (κ3) is 2.82. The zero-order valence-corrected chi connectivity index (χ0v) is 9.96. The van der Waals surface area contributed by atoms with Crippen molar-refractivity contribution in [2.24, 2.45) is 5.41 Å². The van der Waals surface area contributed by atoms with Gasteiger partial charge in [-0.2, -0.15) is 5.26 Å². The van der Waals surface area contributed by atoms with Crippen LogP contribution in [0.2, 0.25) is 0 Å². The Bertz CT molecular complexity index is 288. The first-order valence-corrected chi connectivity index (χ1v) is 5.30. The molecule has 0 radical (unpaired) electrons. The Labute approximate surface area is 91.7 Å². The van der Waals surface area contributed by atoms with E-state index in [1.54, 1.807) is 19.9 Å². The minimum atomic E-state index is -1.08. The van der Waals surface area contributed by atoms with Crippen molar-refractivity contribution >= 4 is 5.97 Å². The van der Waals surface area contributed by atoms with Crippen LogP contribution in [-0.2, 0) is 9.53 Å². The number of carbonyl (C=O) groups is 1. The molecule has 3 nitrogen and oxygen atoms in total. The molecule has 0 unspecified atom stereocenters. The molecular formula is C12H19NO2. The van der Waals surface area contributed by atoms with Crippen LogP contribution in [-0.4, -0.2) is 12.6 Å². The molecule has 84 valence electrons. The Morgan fingerprint density at radius 3 is 2.47 bits per heavy atom. The van der Waals surface area contributed by atoms with Crippen molar-refractivity contribution in [3.05, 3.63) is 11.6 Å². The maximum absolute atomic E-state index is 11.8. The van der Waals surface area contributed by atoms with Crippen molar-refractivity contribution in [2.45, 2.75) is 40.5 Å². The highest BCUT2D eigenvalue weighted by atomic mass is 16.5. The van der Waals surface area contributed by atoms with Gasteiger partial charge < -0.3 is 4.74 Å². The Hall–Kier alpha value is -1.30. The number of ether oxygens (including phenoxy) is 1. The molecule has 0 aliphatic carbocycles. The van der Waals surface area contributed by atoms with Crippen LogP contribution in [0.4, 0.5) is 0 Å². The molecule has 0 aliphatic rings. The van der Waals surface area contributed by atoms with Crippen LogP contribution in [0.3, 0.4) is 0 Å². The summed E-state index contributed by atoms with van der Waals surface area (Å²) in [5.74, 6) is -0.426.